The molecular formula is C23H51N. The van der Waals surface area contributed by atoms with E-state index in [-0.39, 0.29) is 7.43 Å². The Morgan fingerprint density at radius 1 is 0.375 bits per heavy atom. The van der Waals surface area contributed by atoms with Gasteiger partial charge in [0.25, 0.3) is 0 Å². The van der Waals surface area contributed by atoms with Crippen LogP contribution in [0.2, 0.25) is 0 Å². The van der Waals surface area contributed by atoms with Crippen molar-refractivity contribution in [3.63, 3.8) is 0 Å². The highest BCUT2D eigenvalue weighted by atomic mass is 14.5. The highest BCUT2D eigenvalue weighted by Crippen LogP contribution is 2.14. The zero-order valence-corrected chi connectivity index (χ0v) is 16.4. The third-order valence-corrected chi connectivity index (χ3v) is 5.06. The molecule has 0 bridgehead atoms. The van der Waals surface area contributed by atoms with Gasteiger partial charge in [-0.3, -0.25) is 0 Å². The molecule has 0 rings (SSSR count). The van der Waals surface area contributed by atoms with Gasteiger partial charge in [0.2, 0.25) is 0 Å². The molecule has 0 aliphatic heterocycles. The van der Waals surface area contributed by atoms with Crippen LogP contribution in [0.3, 0.4) is 0 Å². The smallest absolute Gasteiger partial charge is 0.00773 e. The molecule has 0 spiro atoms. The zero-order valence-electron chi connectivity index (χ0n) is 16.4. The highest BCUT2D eigenvalue weighted by molar-refractivity contribution is 4.50. The van der Waals surface area contributed by atoms with Gasteiger partial charge in [0, 0.05) is 0 Å². The number of unbranched alkanes of at least 4 members (excludes halogenated alkanes) is 19. The normalized spacial score (nSPS) is 10.8. The fourth-order valence-corrected chi connectivity index (χ4v) is 3.40. The first kappa shape index (κ1) is 26.2. The molecule has 0 heterocycles. The Labute approximate surface area is 155 Å². The third kappa shape index (κ3) is 24.2. The maximum Gasteiger partial charge on any atom is -0.00773 e. The molecule has 2 N–H and O–H groups in total. The molecule has 24 heavy (non-hydrogen) atoms. The Hall–Kier alpha value is -0.0400. The Bertz CT molecular complexity index is 170. The number of nitrogens with two attached hydrogens (primary N) is 1. The number of hydrogen-bond donors (Lipinski definition) is 1. The number of rotatable bonds is 20. The Kier molecular flexibility index (Phi) is 27.5. The first-order valence-electron chi connectivity index (χ1n) is 11.1. The van der Waals surface area contributed by atoms with Crippen molar-refractivity contribution >= 4 is 0 Å². The lowest BCUT2D eigenvalue weighted by Gasteiger charge is -2.04. The van der Waals surface area contributed by atoms with E-state index in [9.17, 15) is 0 Å². The fourth-order valence-electron chi connectivity index (χ4n) is 3.40. The molecule has 0 aromatic rings. The van der Waals surface area contributed by atoms with Crippen molar-refractivity contribution in [2.45, 2.75) is 143 Å². The lowest BCUT2D eigenvalue weighted by atomic mass is 10.0. The van der Waals surface area contributed by atoms with E-state index in [0.29, 0.717) is 0 Å². The summed E-state index contributed by atoms with van der Waals surface area (Å²) in [5, 5.41) is 0. The second-order valence-corrected chi connectivity index (χ2v) is 7.51. The Morgan fingerprint density at radius 2 is 0.583 bits per heavy atom. The monoisotopic (exact) mass is 341 g/mol. The van der Waals surface area contributed by atoms with E-state index in [4.69, 9.17) is 5.73 Å². The first-order chi connectivity index (χ1) is 11.4. The summed E-state index contributed by atoms with van der Waals surface area (Å²) in [5.41, 5.74) is 5.51. The van der Waals surface area contributed by atoms with E-state index in [0.717, 1.165) is 6.54 Å². The van der Waals surface area contributed by atoms with Crippen LogP contribution in [0.5, 0.6) is 0 Å². The highest BCUT2D eigenvalue weighted by Gasteiger charge is 1.95. The average molecular weight is 342 g/mol. The summed E-state index contributed by atoms with van der Waals surface area (Å²) in [7, 11) is 0. The molecule has 0 saturated heterocycles. The van der Waals surface area contributed by atoms with E-state index >= 15 is 0 Å². The molecule has 1 nitrogen and oxygen atoms in total. The molecule has 0 amide bonds. The fraction of sp³-hybridized carbons (Fsp3) is 1.00. The van der Waals surface area contributed by atoms with Crippen LogP contribution < -0.4 is 5.73 Å². The van der Waals surface area contributed by atoms with Gasteiger partial charge in [-0.1, -0.05) is 136 Å². The van der Waals surface area contributed by atoms with Gasteiger partial charge in [-0.2, -0.15) is 0 Å². The van der Waals surface area contributed by atoms with Gasteiger partial charge < -0.3 is 5.73 Å². The molecule has 0 atom stereocenters. The lowest BCUT2D eigenvalue weighted by molar-refractivity contribution is 0.522. The molecule has 0 aliphatic carbocycles. The van der Waals surface area contributed by atoms with E-state index in [1.54, 1.807) is 0 Å². The Morgan fingerprint density at radius 3 is 0.792 bits per heavy atom. The molecule has 0 aromatic heterocycles. The molecule has 0 aliphatic rings. The zero-order chi connectivity index (χ0) is 16.8. The standard InChI is InChI=1S/C22H47N.CH4/c1-2-3-4-5-6-7-8-9-10-11-12-13-14-15-16-17-18-19-20-21-22-23;/h2-23H2,1H3;1H4. The summed E-state index contributed by atoms with van der Waals surface area (Å²) >= 11 is 0. The van der Waals surface area contributed by atoms with Gasteiger partial charge in [-0.05, 0) is 13.0 Å². The van der Waals surface area contributed by atoms with Crippen molar-refractivity contribution in [2.24, 2.45) is 5.73 Å². The molecule has 0 unspecified atom stereocenters. The average Bonchev–Trinajstić information content (AvgIpc) is 2.57. The minimum Gasteiger partial charge on any atom is -0.330 e. The quantitative estimate of drug-likeness (QED) is 0.221. The van der Waals surface area contributed by atoms with Crippen molar-refractivity contribution < 1.29 is 0 Å². The Balaban J connectivity index is 0. The van der Waals surface area contributed by atoms with Gasteiger partial charge >= 0.3 is 0 Å². The summed E-state index contributed by atoms with van der Waals surface area (Å²) in [6, 6.07) is 0. The van der Waals surface area contributed by atoms with Crippen LogP contribution in [0.25, 0.3) is 0 Å². The third-order valence-electron chi connectivity index (χ3n) is 5.06. The van der Waals surface area contributed by atoms with Crippen molar-refractivity contribution in [3.8, 4) is 0 Å². The van der Waals surface area contributed by atoms with E-state index < -0.39 is 0 Å². The summed E-state index contributed by atoms with van der Waals surface area (Å²) in [6.45, 7) is 3.17. The SMILES string of the molecule is C.CCCCCCCCCCCCCCCCCCCCCCN. The summed E-state index contributed by atoms with van der Waals surface area (Å²) in [6.07, 6.45) is 28.8. The van der Waals surface area contributed by atoms with Gasteiger partial charge in [-0.15, -0.1) is 0 Å². The van der Waals surface area contributed by atoms with Crippen LogP contribution in [0.4, 0.5) is 0 Å². The second kappa shape index (κ2) is 25.2. The maximum absolute atomic E-state index is 5.51. The summed E-state index contributed by atoms with van der Waals surface area (Å²) in [5.74, 6) is 0. The van der Waals surface area contributed by atoms with Crippen LogP contribution in [0.1, 0.15) is 143 Å². The van der Waals surface area contributed by atoms with Gasteiger partial charge in [0.05, 0.1) is 0 Å². The van der Waals surface area contributed by atoms with Crippen LogP contribution in [-0.4, -0.2) is 6.54 Å². The number of hydrogen-bond acceptors (Lipinski definition) is 1. The van der Waals surface area contributed by atoms with Crippen molar-refractivity contribution in [1.82, 2.24) is 0 Å². The largest absolute Gasteiger partial charge is 0.330 e. The topological polar surface area (TPSA) is 26.0 Å². The minimum atomic E-state index is 0. The molecule has 0 aromatic carbocycles. The molecule has 0 saturated carbocycles. The van der Waals surface area contributed by atoms with E-state index in [1.165, 1.54) is 128 Å². The van der Waals surface area contributed by atoms with Gasteiger partial charge in [0.1, 0.15) is 0 Å². The molecule has 148 valence electrons. The predicted octanol–water partition coefficient (Wildman–Crippen LogP) is 8.40. The van der Waals surface area contributed by atoms with Crippen LogP contribution in [0, 0.1) is 0 Å². The minimum absolute atomic E-state index is 0. The van der Waals surface area contributed by atoms with Crippen molar-refractivity contribution in [1.29, 1.82) is 0 Å². The molecule has 1 heteroatoms. The first-order valence-corrected chi connectivity index (χ1v) is 11.1. The van der Waals surface area contributed by atoms with Crippen LogP contribution >= 0.6 is 0 Å². The second-order valence-electron chi connectivity index (χ2n) is 7.51. The van der Waals surface area contributed by atoms with Crippen LogP contribution in [-0.2, 0) is 0 Å². The van der Waals surface area contributed by atoms with Gasteiger partial charge in [0.15, 0.2) is 0 Å². The van der Waals surface area contributed by atoms with E-state index in [2.05, 4.69) is 6.92 Å². The predicted molar refractivity (Wildman–Crippen MR) is 114 cm³/mol. The van der Waals surface area contributed by atoms with E-state index in [1.807, 2.05) is 0 Å². The summed E-state index contributed by atoms with van der Waals surface area (Å²) < 4.78 is 0. The lowest BCUT2D eigenvalue weighted by Crippen LogP contribution is -1.97. The molecular weight excluding hydrogens is 290 g/mol. The van der Waals surface area contributed by atoms with Crippen molar-refractivity contribution in [3.05, 3.63) is 0 Å². The maximum atomic E-state index is 5.51. The molecule has 0 radical (unpaired) electrons. The molecule has 0 fully saturated rings. The summed E-state index contributed by atoms with van der Waals surface area (Å²) in [4.78, 5) is 0. The van der Waals surface area contributed by atoms with Crippen molar-refractivity contribution in [2.75, 3.05) is 6.54 Å². The van der Waals surface area contributed by atoms with Gasteiger partial charge in [-0.25, -0.2) is 0 Å². The van der Waals surface area contributed by atoms with Crippen LogP contribution in [0.15, 0.2) is 0 Å².